The summed E-state index contributed by atoms with van der Waals surface area (Å²) in [6.45, 7) is 4.49. The highest BCUT2D eigenvalue weighted by Crippen LogP contribution is 2.20. The molecule has 0 radical (unpaired) electrons. The molecule has 33 heavy (non-hydrogen) atoms. The average Bonchev–Trinajstić information content (AvgIpc) is 3.23. The van der Waals surface area contributed by atoms with Crippen molar-refractivity contribution in [3.8, 4) is 5.75 Å². The minimum Gasteiger partial charge on any atom is -0.494 e. The third kappa shape index (κ3) is 5.69. The largest absolute Gasteiger partial charge is 0.494 e. The Morgan fingerprint density at radius 2 is 1.64 bits per heavy atom. The first-order valence-corrected chi connectivity index (χ1v) is 11.4. The second-order valence-electron chi connectivity index (χ2n) is 7.24. The van der Waals surface area contributed by atoms with Crippen LogP contribution in [-0.4, -0.2) is 38.8 Å². The molecule has 9 heteroatoms. The standard InChI is InChI=1S/C24H23N5O3S/c1-3-32-20-11-9-18(10-12-20)25-22(30)15-33-24-28-27-21-13-6-17(14-29(21)24)23(31)26-19-7-4-16(2)5-8-19/h4-14H,3,15H2,1-2H3,(H,25,30)(H,26,31). The van der Waals surface area contributed by atoms with Gasteiger partial charge in [0.15, 0.2) is 10.8 Å². The summed E-state index contributed by atoms with van der Waals surface area (Å²) in [5, 5.41) is 14.5. The van der Waals surface area contributed by atoms with E-state index in [0.717, 1.165) is 17.0 Å². The lowest BCUT2D eigenvalue weighted by Gasteiger charge is -2.08. The predicted octanol–water partition coefficient (Wildman–Crippen LogP) is 4.42. The number of thioether (sulfide) groups is 1. The molecule has 0 aliphatic rings. The van der Waals surface area contributed by atoms with Crippen molar-refractivity contribution in [2.24, 2.45) is 0 Å². The predicted molar refractivity (Wildman–Crippen MR) is 129 cm³/mol. The Morgan fingerprint density at radius 1 is 0.939 bits per heavy atom. The molecule has 2 aromatic carbocycles. The molecule has 0 fully saturated rings. The molecule has 4 rings (SSSR count). The SMILES string of the molecule is CCOc1ccc(NC(=O)CSc2nnc3ccc(C(=O)Nc4ccc(C)cc4)cn23)cc1. The molecular formula is C24H23N5O3S. The maximum atomic E-state index is 12.7. The van der Waals surface area contributed by atoms with Crippen molar-refractivity contribution < 1.29 is 14.3 Å². The van der Waals surface area contributed by atoms with Crippen LogP contribution in [0.4, 0.5) is 11.4 Å². The molecule has 0 spiro atoms. The number of aromatic nitrogens is 3. The number of pyridine rings is 1. The van der Waals surface area contributed by atoms with Gasteiger partial charge in [-0.3, -0.25) is 14.0 Å². The van der Waals surface area contributed by atoms with E-state index in [2.05, 4.69) is 20.8 Å². The van der Waals surface area contributed by atoms with Gasteiger partial charge < -0.3 is 15.4 Å². The van der Waals surface area contributed by atoms with E-state index in [1.807, 2.05) is 50.2 Å². The van der Waals surface area contributed by atoms with Crippen molar-refractivity contribution in [3.05, 3.63) is 78.0 Å². The number of benzene rings is 2. The van der Waals surface area contributed by atoms with Gasteiger partial charge in [0.25, 0.3) is 5.91 Å². The van der Waals surface area contributed by atoms with Crippen LogP contribution in [0.3, 0.4) is 0 Å². The minimum atomic E-state index is -0.237. The van der Waals surface area contributed by atoms with Crippen LogP contribution in [0.2, 0.25) is 0 Å². The third-order valence-electron chi connectivity index (χ3n) is 4.72. The van der Waals surface area contributed by atoms with Crippen LogP contribution in [0, 0.1) is 6.92 Å². The molecule has 8 nitrogen and oxygen atoms in total. The monoisotopic (exact) mass is 461 g/mol. The summed E-state index contributed by atoms with van der Waals surface area (Å²) >= 11 is 1.24. The van der Waals surface area contributed by atoms with Gasteiger partial charge in [-0.25, -0.2) is 0 Å². The second kappa shape index (κ2) is 10.2. The average molecular weight is 462 g/mol. The molecule has 0 saturated carbocycles. The lowest BCUT2D eigenvalue weighted by atomic mass is 10.2. The number of fused-ring (bicyclic) bond motifs is 1. The summed E-state index contributed by atoms with van der Waals surface area (Å²) in [6, 6.07) is 18.2. The second-order valence-corrected chi connectivity index (χ2v) is 8.19. The first-order valence-electron chi connectivity index (χ1n) is 10.4. The Bertz CT molecular complexity index is 1270. The van der Waals surface area contributed by atoms with Crippen LogP contribution in [0.25, 0.3) is 5.65 Å². The summed E-state index contributed by atoms with van der Waals surface area (Å²) in [5.41, 5.74) is 3.58. The van der Waals surface area contributed by atoms with Gasteiger partial charge in [-0.15, -0.1) is 10.2 Å². The first-order chi connectivity index (χ1) is 16.0. The summed E-state index contributed by atoms with van der Waals surface area (Å²) in [6.07, 6.45) is 1.67. The number of amides is 2. The molecule has 0 bridgehead atoms. The summed E-state index contributed by atoms with van der Waals surface area (Å²) < 4.78 is 7.11. The van der Waals surface area contributed by atoms with Crippen molar-refractivity contribution in [2.75, 3.05) is 23.0 Å². The van der Waals surface area contributed by atoms with E-state index in [0.29, 0.717) is 28.7 Å². The fraction of sp³-hybridized carbons (Fsp3) is 0.167. The number of nitrogens with zero attached hydrogens (tertiary/aromatic N) is 3. The van der Waals surface area contributed by atoms with Crippen molar-refractivity contribution in [1.29, 1.82) is 0 Å². The van der Waals surface area contributed by atoms with E-state index in [4.69, 9.17) is 4.74 Å². The molecule has 2 heterocycles. The Balaban J connectivity index is 1.40. The lowest BCUT2D eigenvalue weighted by Crippen LogP contribution is -2.14. The van der Waals surface area contributed by atoms with Crippen molar-refractivity contribution >= 4 is 40.6 Å². The van der Waals surface area contributed by atoms with Crippen LogP contribution in [-0.2, 0) is 4.79 Å². The van der Waals surface area contributed by atoms with Gasteiger partial charge in [0, 0.05) is 17.6 Å². The smallest absolute Gasteiger partial charge is 0.257 e. The zero-order valence-corrected chi connectivity index (χ0v) is 19.1. The maximum Gasteiger partial charge on any atom is 0.257 e. The van der Waals surface area contributed by atoms with Crippen molar-refractivity contribution in [2.45, 2.75) is 19.0 Å². The molecule has 0 saturated heterocycles. The van der Waals surface area contributed by atoms with E-state index in [9.17, 15) is 9.59 Å². The van der Waals surface area contributed by atoms with Gasteiger partial charge in [0.1, 0.15) is 5.75 Å². The summed E-state index contributed by atoms with van der Waals surface area (Å²) in [7, 11) is 0. The molecule has 4 aromatic rings. The van der Waals surface area contributed by atoms with Crippen LogP contribution in [0.5, 0.6) is 5.75 Å². The minimum absolute atomic E-state index is 0.147. The van der Waals surface area contributed by atoms with Crippen LogP contribution in [0.1, 0.15) is 22.8 Å². The van der Waals surface area contributed by atoms with Gasteiger partial charge in [-0.05, 0) is 62.4 Å². The fourth-order valence-corrected chi connectivity index (χ4v) is 3.79. The van der Waals surface area contributed by atoms with Crippen LogP contribution in [0.15, 0.2) is 72.0 Å². The highest BCUT2D eigenvalue weighted by molar-refractivity contribution is 7.99. The number of aryl methyl sites for hydroxylation is 1. The number of ether oxygens (including phenoxy) is 1. The van der Waals surface area contributed by atoms with Crippen molar-refractivity contribution in [1.82, 2.24) is 14.6 Å². The number of rotatable bonds is 8. The highest BCUT2D eigenvalue weighted by atomic mass is 32.2. The van der Waals surface area contributed by atoms with Crippen molar-refractivity contribution in [3.63, 3.8) is 0 Å². The highest BCUT2D eigenvalue weighted by Gasteiger charge is 2.13. The molecule has 2 amide bonds. The number of anilines is 2. The Morgan fingerprint density at radius 3 is 2.36 bits per heavy atom. The molecular weight excluding hydrogens is 438 g/mol. The van der Waals surface area contributed by atoms with E-state index in [-0.39, 0.29) is 17.6 Å². The first kappa shape index (κ1) is 22.3. The Kier molecular flexibility index (Phi) is 6.89. The van der Waals surface area contributed by atoms with Gasteiger partial charge in [0.2, 0.25) is 5.91 Å². The quantitative estimate of drug-likeness (QED) is 0.377. The normalized spacial score (nSPS) is 10.7. The zero-order valence-electron chi connectivity index (χ0n) is 18.2. The van der Waals surface area contributed by atoms with Crippen LogP contribution < -0.4 is 15.4 Å². The van der Waals surface area contributed by atoms with Gasteiger partial charge in [0.05, 0.1) is 17.9 Å². The van der Waals surface area contributed by atoms with E-state index in [1.54, 1.807) is 34.9 Å². The molecule has 2 aromatic heterocycles. The topological polar surface area (TPSA) is 97.6 Å². The molecule has 0 aliphatic heterocycles. The van der Waals surface area contributed by atoms with E-state index < -0.39 is 0 Å². The van der Waals surface area contributed by atoms with Crippen LogP contribution >= 0.6 is 11.8 Å². The van der Waals surface area contributed by atoms with Gasteiger partial charge in [-0.2, -0.15) is 0 Å². The Hall–Kier alpha value is -3.85. The van der Waals surface area contributed by atoms with Gasteiger partial charge >= 0.3 is 0 Å². The zero-order chi connectivity index (χ0) is 23.2. The summed E-state index contributed by atoms with van der Waals surface area (Å²) in [4.78, 5) is 25.0. The van der Waals surface area contributed by atoms with E-state index in [1.165, 1.54) is 11.8 Å². The number of carbonyl (C=O) groups is 2. The molecule has 168 valence electrons. The third-order valence-corrected chi connectivity index (χ3v) is 5.67. The molecule has 0 aliphatic carbocycles. The van der Waals surface area contributed by atoms with E-state index >= 15 is 0 Å². The number of hydrogen-bond acceptors (Lipinski definition) is 6. The lowest BCUT2D eigenvalue weighted by molar-refractivity contribution is -0.113. The summed E-state index contributed by atoms with van der Waals surface area (Å²) in [5.74, 6) is 0.489. The molecule has 0 unspecified atom stereocenters. The Labute approximate surface area is 195 Å². The fourth-order valence-electron chi connectivity index (χ4n) is 3.07. The molecule has 0 atom stereocenters. The molecule has 2 N–H and O–H groups in total. The number of nitrogens with one attached hydrogen (secondary N) is 2. The number of carbonyl (C=O) groups excluding carboxylic acids is 2. The maximum absolute atomic E-state index is 12.7. The van der Waals surface area contributed by atoms with Gasteiger partial charge in [-0.1, -0.05) is 29.5 Å². The number of hydrogen-bond donors (Lipinski definition) is 2.